The maximum absolute atomic E-state index is 8.55. The number of aryl methyl sites for hydroxylation is 2. The Morgan fingerprint density at radius 1 is 0.696 bits per heavy atom. The van der Waals surface area contributed by atoms with E-state index in [0.717, 1.165) is 71.4 Å². The average Bonchev–Trinajstić information content (AvgIpc) is 3.94. The summed E-state index contributed by atoms with van der Waals surface area (Å²) in [5, 5.41) is 3.02. The zero-order valence-corrected chi connectivity index (χ0v) is 45.2. The first kappa shape index (κ1) is 42.2. The standard InChI is InChI=1S/C45H39N2S.C18H24NSi.Ir/c1-27(2)37-24-34(31-12-8-7-9-13-31)25-38(28(3)4)43(37)47-40-15-11-10-14-39(40)46-45(47)36-22-18-30(6)42-35-23-21-33(26-41(35)48-44(36)42)32-19-16-29(5)17-20-32;1-14(2)11-16-12-17(15-9-7-6-8-10-15)19-13-18(16)20(3,4)5;/h7-21,23-28H,1-6H3;6-9,12-14H,11H2,1-5H3;/q2*-1;/i5D3,6D3;;. The molecule has 0 aliphatic heterocycles. The summed E-state index contributed by atoms with van der Waals surface area (Å²) >= 11 is 1.54. The SMILES string of the molecule is CC(C)Cc1cc(-c2[c-]cccc2)ncc1[Si](C)(C)C.[2H]C([2H])([2H])c1ccc(-c2ccc3c(c2)sc2c(-c4nc5ccccc5n4-c4c(C(C)C)cc(-c5ccccc5)cc4C(C)C)[c-]cc(C([2H])([2H])[2H])c23)cc1.[Ir]. The number of thiophene rings is 1. The van der Waals surface area contributed by atoms with E-state index >= 15 is 0 Å². The Bertz CT molecular complexity index is 3600. The van der Waals surface area contributed by atoms with E-state index in [0.29, 0.717) is 17.1 Å². The predicted octanol–water partition coefficient (Wildman–Crippen LogP) is 17.3. The Morgan fingerprint density at radius 3 is 2.03 bits per heavy atom. The summed E-state index contributed by atoms with van der Waals surface area (Å²) in [6.07, 6.45) is 3.24. The van der Waals surface area contributed by atoms with Crippen LogP contribution in [0.3, 0.4) is 0 Å². The molecule has 0 spiro atoms. The second-order valence-corrected chi connectivity index (χ2v) is 26.1. The number of hydrogen-bond donors (Lipinski definition) is 0. The van der Waals surface area contributed by atoms with E-state index < -0.39 is 21.8 Å². The van der Waals surface area contributed by atoms with E-state index in [2.05, 4.69) is 150 Å². The fourth-order valence-corrected chi connectivity index (χ4v) is 12.2. The van der Waals surface area contributed by atoms with Crippen molar-refractivity contribution in [2.75, 3.05) is 0 Å². The van der Waals surface area contributed by atoms with Gasteiger partial charge in [0.15, 0.2) is 0 Å². The van der Waals surface area contributed by atoms with Crippen LogP contribution in [-0.4, -0.2) is 22.6 Å². The second kappa shape index (κ2) is 20.7. The van der Waals surface area contributed by atoms with E-state index in [-0.39, 0.29) is 43.1 Å². The van der Waals surface area contributed by atoms with Gasteiger partial charge in [0.05, 0.1) is 24.9 Å². The van der Waals surface area contributed by atoms with Crippen molar-refractivity contribution in [1.82, 2.24) is 14.5 Å². The zero-order chi connectivity index (χ0) is 52.9. The molecule has 0 aliphatic rings. The molecular weight excluding hydrogens is 1050 g/mol. The first-order valence-electron chi connectivity index (χ1n) is 26.8. The van der Waals surface area contributed by atoms with Gasteiger partial charge in [0.1, 0.15) is 0 Å². The number of rotatable bonds is 10. The fourth-order valence-electron chi connectivity index (χ4n) is 9.35. The van der Waals surface area contributed by atoms with Gasteiger partial charge in [-0.25, -0.2) is 0 Å². The van der Waals surface area contributed by atoms with Gasteiger partial charge in [0.2, 0.25) is 0 Å². The number of imidazole rings is 1. The average molecular weight is 1120 g/mol. The van der Waals surface area contributed by atoms with Crippen molar-refractivity contribution in [3.8, 4) is 50.6 Å². The van der Waals surface area contributed by atoms with E-state index in [1.165, 1.54) is 38.8 Å². The summed E-state index contributed by atoms with van der Waals surface area (Å²) < 4.78 is 53.0. The molecule has 0 N–H and O–H groups in total. The molecule has 3 heterocycles. The molecular formula is C63H63IrN3SSi-2. The number of aromatic nitrogens is 3. The summed E-state index contributed by atoms with van der Waals surface area (Å²) in [6, 6.07) is 54.9. The number of para-hydroxylation sites is 2. The molecule has 0 aliphatic carbocycles. The van der Waals surface area contributed by atoms with Gasteiger partial charge in [-0.05, 0) is 116 Å². The summed E-state index contributed by atoms with van der Waals surface area (Å²) in [6.45, 7) is 16.1. The van der Waals surface area contributed by atoms with E-state index in [1.807, 2.05) is 66.7 Å². The Labute approximate surface area is 437 Å². The topological polar surface area (TPSA) is 30.7 Å². The van der Waals surface area contributed by atoms with Crippen LogP contribution >= 0.6 is 11.3 Å². The van der Waals surface area contributed by atoms with Crippen molar-refractivity contribution in [1.29, 1.82) is 0 Å². The third-order valence-corrected chi connectivity index (χ3v) is 15.9. The predicted molar refractivity (Wildman–Crippen MR) is 297 cm³/mol. The van der Waals surface area contributed by atoms with Crippen LogP contribution in [-0.2, 0) is 26.5 Å². The van der Waals surface area contributed by atoms with Crippen molar-refractivity contribution >= 4 is 55.8 Å². The first-order valence-corrected chi connectivity index (χ1v) is 28.1. The van der Waals surface area contributed by atoms with Gasteiger partial charge < -0.3 is 9.55 Å². The number of pyridine rings is 1. The molecule has 0 fully saturated rings. The third kappa shape index (κ3) is 10.3. The minimum atomic E-state index is -2.37. The molecule has 351 valence electrons. The number of fused-ring (bicyclic) bond motifs is 4. The van der Waals surface area contributed by atoms with Crippen LogP contribution in [0.1, 0.15) is 89.4 Å². The van der Waals surface area contributed by atoms with E-state index in [1.54, 1.807) is 18.2 Å². The Kier molecular flexibility index (Phi) is 12.6. The summed E-state index contributed by atoms with van der Waals surface area (Å²) in [5.41, 5.74) is 14.3. The van der Waals surface area contributed by atoms with Crippen LogP contribution in [0.2, 0.25) is 19.6 Å². The van der Waals surface area contributed by atoms with Crippen molar-refractivity contribution in [2.24, 2.45) is 5.92 Å². The van der Waals surface area contributed by atoms with Gasteiger partial charge >= 0.3 is 0 Å². The first-order chi connectivity index (χ1) is 35.1. The second-order valence-electron chi connectivity index (χ2n) is 20.0. The Morgan fingerprint density at radius 2 is 1.38 bits per heavy atom. The molecule has 0 amide bonds. The quantitative estimate of drug-likeness (QED) is 0.101. The number of nitrogens with zero attached hydrogens (tertiary/aromatic N) is 3. The minimum Gasteiger partial charge on any atom is -0.333 e. The van der Waals surface area contributed by atoms with Crippen LogP contribution in [0.15, 0.2) is 152 Å². The third-order valence-electron chi connectivity index (χ3n) is 12.7. The van der Waals surface area contributed by atoms with E-state index in [4.69, 9.17) is 13.2 Å². The molecule has 10 aromatic rings. The van der Waals surface area contributed by atoms with Crippen LogP contribution in [0.5, 0.6) is 0 Å². The number of benzene rings is 7. The maximum Gasteiger partial charge on any atom is 0.0798 e. The minimum absolute atomic E-state index is 0. The van der Waals surface area contributed by atoms with Gasteiger partial charge in [-0.1, -0.05) is 175 Å². The van der Waals surface area contributed by atoms with Gasteiger partial charge in [0, 0.05) is 44.9 Å². The molecule has 3 nitrogen and oxygen atoms in total. The molecule has 7 aromatic carbocycles. The monoisotopic (exact) mass is 1120 g/mol. The summed E-state index contributed by atoms with van der Waals surface area (Å²) in [7, 11) is -1.34. The van der Waals surface area contributed by atoms with Crippen molar-refractivity contribution < 1.29 is 28.3 Å². The van der Waals surface area contributed by atoms with Crippen molar-refractivity contribution in [2.45, 2.75) is 93.1 Å². The summed E-state index contributed by atoms with van der Waals surface area (Å²) in [4.78, 5) is 9.98. The van der Waals surface area contributed by atoms with Gasteiger partial charge in [-0.15, -0.1) is 53.6 Å². The largest absolute Gasteiger partial charge is 0.333 e. The molecule has 0 atom stereocenters. The van der Waals surface area contributed by atoms with E-state index in [9.17, 15) is 0 Å². The zero-order valence-electron chi connectivity index (χ0n) is 47.0. The van der Waals surface area contributed by atoms with Crippen molar-refractivity contribution in [3.05, 3.63) is 192 Å². The maximum atomic E-state index is 8.55. The molecule has 1 radical (unpaired) electrons. The fraction of sp³-hybridized carbons (Fsp3) is 0.238. The van der Waals surface area contributed by atoms with Crippen molar-refractivity contribution in [3.63, 3.8) is 0 Å². The normalized spacial score (nSPS) is 13.4. The Hall–Kier alpha value is -5.75. The van der Waals surface area contributed by atoms with Crippen LogP contribution < -0.4 is 5.19 Å². The Balaban J connectivity index is 0.000000299. The molecule has 6 heteroatoms. The van der Waals surface area contributed by atoms with Gasteiger partial charge in [0.25, 0.3) is 0 Å². The van der Waals surface area contributed by atoms with Crippen LogP contribution in [0.25, 0.3) is 81.8 Å². The molecule has 69 heavy (non-hydrogen) atoms. The van der Waals surface area contributed by atoms with Gasteiger partial charge in [-0.2, -0.15) is 11.3 Å². The van der Waals surface area contributed by atoms with Crippen LogP contribution in [0.4, 0.5) is 0 Å². The number of hydrogen-bond acceptors (Lipinski definition) is 3. The molecule has 0 saturated heterocycles. The molecule has 0 bridgehead atoms. The smallest absolute Gasteiger partial charge is 0.0798 e. The summed E-state index contributed by atoms with van der Waals surface area (Å²) in [5.74, 6) is 1.75. The molecule has 0 saturated carbocycles. The molecule has 10 rings (SSSR count). The molecule has 3 aromatic heterocycles. The molecule has 0 unspecified atom stereocenters. The van der Waals surface area contributed by atoms with Crippen LogP contribution in [0, 0.1) is 31.8 Å². The van der Waals surface area contributed by atoms with Gasteiger partial charge in [-0.3, -0.25) is 4.98 Å².